The van der Waals surface area contributed by atoms with E-state index in [9.17, 15) is 0 Å². The number of hydrogen-bond acceptors (Lipinski definition) is 4. The molecule has 0 atom stereocenters. The van der Waals surface area contributed by atoms with Crippen LogP contribution in [-0.4, -0.2) is 39.9 Å². The van der Waals surface area contributed by atoms with E-state index in [4.69, 9.17) is 5.11 Å². The van der Waals surface area contributed by atoms with Gasteiger partial charge in [0, 0.05) is 31.4 Å². The molecule has 0 fully saturated rings. The van der Waals surface area contributed by atoms with Crippen LogP contribution in [0, 0.1) is 0 Å². The van der Waals surface area contributed by atoms with E-state index in [0.717, 1.165) is 17.0 Å². The first-order chi connectivity index (χ1) is 8.43. The van der Waals surface area contributed by atoms with Crippen LogP contribution in [0.15, 0.2) is 18.5 Å². The predicted molar refractivity (Wildman–Crippen MR) is 72.0 cm³/mol. The number of hydrogen-bond donors (Lipinski definition) is 1. The molecule has 5 nitrogen and oxygen atoms in total. The number of fused-ring (bicyclic) bond motifs is 1. The predicted octanol–water partition coefficient (Wildman–Crippen LogP) is 1.46. The molecule has 2 aromatic rings. The number of aromatic nitrogens is 3. The minimum atomic E-state index is 0.0127. The van der Waals surface area contributed by atoms with Gasteiger partial charge in [-0.2, -0.15) is 5.10 Å². The van der Waals surface area contributed by atoms with Gasteiger partial charge in [-0.15, -0.1) is 0 Å². The Morgan fingerprint density at radius 3 is 2.72 bits per heavy atom. The minimum absolute atomic E-state index is 0.0127. The van der Waals surface area contributed by atoms with E-state index in [-0.39, 0.29) is 12.0 Å². The molecule has 0 saturated carbocycles. The molecule has 0 bridgehead atoms. The molecule has 0 aromatic carbocycles. The number of aliphatic hydroxyl groups is 1. The molecule has 2 aromatic heterocycles. The standard InChI is InChI=1S/C13H20N4O/c1-13(2,3)11-9-10-12(16(4)7-8-18)14-5-6-17(10)15-11/h5-6,9,18H,7-8H2,1-4H3. The monoisotopic (exact) mass is 248 g/mol. The summed E-state index contributed by atoms with van der Waals surface area (Å²) in [5.41, 5.74) is 2.02. The molecule has 0 unspecified atom stereocenters. The summed E-state index contributed by atoms with van der Waals surface area (Å²) in [4.78, 5) is 6.31. The summed E-state index contributed by atoms with van der Waals surface area (Å²) in [7, 11) is 1.92. The molecule has 0 amide bonds. The molecule has 0 radical (unpaired) electrons. The molecule has 2 heterocycles. The average Bonchev–Trinajstić information content (AvgIpc) is 2.72. The van der Waals surface area contributed by atoms with Gasteiger partial charge < -0.3 is 10.0 Å². The van der Waals surface area contributed by atoms with Crippen molar-refractivity contribution in [2.24, 2.45) is 0 Å². The van der Waals surface area contributed by atoms with Crippen LogP contribution in [0.4, 0.5) is 5.82 Å². The Bertz CT molecular complexity index is 541. The van der Waals surface area contributed by atoms with E-state index in [1.165, 1.54) is 0 Å². The normalized spacial score (nSPS) is 12.1. The molecule has 1 N–H and O–H groups in total. The van der Waals surface area contributed by atoms with E-state index < -0.39 is 0 Å². The van der Waals surface area contributed by atoms with Crippen LogP contribution in [0.25, 0.3) is 5.52 Å². The second kappa shape index (κ2) is 4.57. The van der Waals surface area contributed by atoms with Crippen LogP contribution >= 0.6 is 0 Å². The number of anilines is 1. The summed E-state index contributed by atoms with van der Waals surface area (Å²) < 4.78 is 1.84. The van der Waals surface area contributed by atoms with Crippen LogP contribution in [0.2, 0.25) is 0 Å². The number of rotatable bonds is 3. The van der Waals surface area contributed by atoms with Crippen molar-refractivity contribution in [2.45, 2.75) is 26.2 Å². The smallest absolute Gasteiger partial charge is 0.154 e. The van der Waals surface area contributed by atoms with Crippen molar-refractivity contribution in [3.05, 3.63) is 24.2 Å². The molecule has 0 aliphatic carbocycles. The average molecular weight is 248 g/mol. The topological polar surface area (TPSA) is 53.7 Å². The third kappa shape index (κ3) is 2.31. The Hall–Kier alpha value is -1.62. The third-order valence-corrected chi connectivity index (χ3v) is 2.93. The first-order valence-corrected chi connectivity index (χ1v) is 6.10. The maximum absolute atomic E-state index is 9.01. The van der Waals surface area contributed by atoms with Crippen LogP contribution in [-0.2, 0) is 5.41 Å². The fourth-order valence-electron chi connectivity index (χ4n) is 1.82. The molecule has 0 spiro atoms. The van der Waals surface area contributed by atoms with E-state index in [1.54, 1.807) is 6.20 Å². The molecular formula is C13H20N4O. The number of nitrogens with zero attached hydrogens (tertiary/aromatic N) is 4. The van der Waals surface area contributed by atoms with Crippen molar-refractivity contribution in [3.63, 3.8) is 0 Å². The van der Waals surface area contributed by atoms with E-state index in [0.29, 0.717) is 6.54 Å². The third-order valence-electron chi connectivity index (χ3n) is 2.93. The highest BCUT2D eigenvalue weighted by Crippen LogP contribution is 2.25. The zero-order valence-corrected chi connectivity index (χ0v) is 11.4. The Balaban J connectivity index is 2.52. The summed E-state index contributed by atoms with van der Waals surface area (Å²) in [6, 6.07) is 2.07. The van der Waals surface area contributed by atoms with Crippen molar-refractivity contribution in [2.75, 3.05) is 25.1 Å². The van der Waals surface area contributed by atoms with Gasteiger partial charge in [-0.3, -0.25) is 0 Å². The van der Waals surface area contributed by atoms with Gasteiger partial charge >= 0.3 is 0 Å². The SMILES string of the molecule is CN(CCO)c1nccn2nc(C(C)(C)C)cc12. The number of aliphatic hydroxyl groups excluding tert-OH is 1. The molecule has 0 aliphatic heterocycles. The Labute approximate surface area is 107 Å². The Morgan fingerprint density at radius 2 is 2.11 bits per heavy atom. The largest absolute Gasteiger partial charge is 0.395 e. The van der Waals surface area contributed by atoms with Gasteiger partial charge in [0.1, 0.15) is 5.52 Å². The van der Waals surface area contributed by atoms with Crippen molar-refractivity contribution in [3.8, 4) is 0 Å². The minimum Gasteiger partial charge on any atom is -0.395 e. The fraction of sp³-hybridized carbons (Fsp3) is 0.538. The van der Waals surface area contributed by atoms with Crippen LogP contribution in [0.5, 0.6) is 0 Å². The van der Waals surface area contributed by atoms with Gasteiger partial charge in [0.05, 0.1) is 12.3 Å². The lowest BCUT2D eigenvalue weighted by molar-refractivity contribution is 0.304. The summed E-state index contributed by atoms with van der Waals surface area (Å²) in [6.45, 7) is 7.08. The second-order valence-electron chi connectivity index (χ2n) is 5.51. The summed E-state index contributed by atoms with van der Waals surface area (Å²) in [5, 5.41) is 13.6. The van der Waals surface area contributed by atoms with Crippen LogP contribution in [0.1, 0.15) is 26.5 Å². The van der Waals surface area contributed by atoms with Gasteiger partial charge in [0.25, 0.3) is 0 Å². The lowest BCUT2D eigenvalue weighted by Crippen LogP contribution is -2.22. The Morgan fingerprint density at radius 1 is 1.39 bits per heavy atom. The highest BCUT2D eigenvalue weighted by molar-refractivity contribution is 5.69. The van der Waals surface area contributed by atoms with E-state index in [1.807, 2.05) is 22.7 Å². The zero-order valence-electron chi connectivity index (χ0n) is 11.4. The molecule has 5 heteroatoms. The molecule has 98 valence electrons. The van der Waals surface area contributed by atoms with Gasteiger partial charge in [-0.1, -0.05) is 20.8 Å². The van der Waals surface area contributed by atoms with Crippen LogP contribution in [0.3, 0.4) is 0 Å². The second-order valence-corrected chi connectivity index (χ2v) is 5.51. The maximum Gasteiger partial charge on any atom is 0.154 e. The van der Waals surface area contributed by atoms with Crippen molar-refractivity contribution < 1.29 is 5.11 Å². The molecule has 0 saturated heterocycles. The van der Waals surface area contributed by atoms with Gasteiger partial charge in [-0.05, 0) is 6.07 Å². The number of likely N-dealkylation sites (N-methyl/N-ethyl adjacent to an activating group) is 1. The van der Waals surface area contributed by atoms with Gasteiger partial charge in [0.2, 0.25) is 0 Å². The molecule has 18 heavy (non-hydrogen) atoms. The van der Waals surface area contributed by atoms with Crippen molar-refractivity contribution in [1.82, 2.24) is 14.6 Å². The molecule has 2 rings (SSSR count). The van der Waals surface area contributed by atoms with E-state index in [2.05, 4.69) is 36.9 Å². The quantitative estimate of drug-likeness (QED) is 0.893. The zero-order chi connectivity index (χ0) is 13.3. The summed E-state index contributed by atoms with van der Waals surface area (Å²) in [6.07, 6.45) is 3.58. The Kier molecular flexibility index (Phi) is 3.26. The first-order valence-electron chi connectivity index (χ1n) is 6.10. The molecular weight excluding hydrogens is 228 g/mol. The van der Waals surface area contributed by atoms with Crippen molar-refractivity contribution >= 4 is 11.3 Å². The first kappa shape index (κ1) is 12.8. The van der Waals surface area contributed by atoms with Gasteiger partial charge in [0.15, 0.2) is 5.82 Å². The molecule has 0 aliphatic rings. The van der Waals surface area contributed by atoms with Crippen LogP contribution < -0.4 is 4.90 Å². The fourth-order valence-corrected chi connectivity index (χ4v) is 1.82. The van der Waals surface area contributed by atoms with Crippen molar-refractivity contribution in [1.29, 1.82) is 0 Å². The van der Waals surface area contributed by atoms with Gasteiger partial charge in [-0.25, -0.2) is 9.50 Å². The summed E-state index contributed by atoms with van der Waals surface area (Å²) in [5.74, 6) is 0.842. The lowest BCUT2D eigenvalue weighted by atomic mass is 9.92. The highest BCUT2D eigenvalue weighted by Gasteiger charge is 2.19. The van der Waals surface area contributed by atoms with E-state index >= 15 is 0 Å². The lowest BCUT2D eigenvalue weighted by Gasteiger charge is -2.17. The summed E-state index contributed by atoms with van der Waals surface area (Å²) >= 11 is 0. The highest BCUT2D eigenvalue weighted by atomic mass is 16.3. The maximum atomic E-state index is 9.01.